The summed E-state index contributed by atoms with van der Waals surface area (Å²) in [5.74, 6) is 0. The number of ether oxygens (including phenoxy) is 1. The predicted octanol–water partition coefficient (Wildman–Crippen LogP) is 1.61. The first-order valence-corrected chi connectivity index (χ1v) is 8.13. The fraction of sp³-hybridized carbons (Fsp3) is 0.615. The Balaban J connectivity index is 2.89. The van der Waals surface area contributed by atoms with E-state index < -0.39 is 15.6 Å². The minimum Gasteiger partial charge on any atom is -0.383 e. The molecule has 0 aromatic carbocycles. The summed E-state index contributed by atoms with van der Waals surface area (Å²) in [6, 6.07) is 3.39. The van der Waals surface area contributed by atoms with Crippen LogP contribution in [0, 0.1) is 0 Å². The van der Waals surface area contributed by atoms with Crippen molar-refractivity contribution < 1.29 is 13.2 Å². The van der Waals surface area contributed by atoms with Gasteiger partial charge in [-0.15, -0.1) is 0 Å². The molecule has 0 saturated carbocycles. The van der Waals surface area contributed by atoms with Crippen molar-refractivity contribution in [2.75, 3.05) is 25.0 Å². The normalized spacial score (nSPS) is 12.4. The summed E-state index contributed by atoms with van der Waals surface area (Å²) < 4.78 is 32.6. The van der Waals surface area contributed by atoms with E-state index in [-0.39, 0.29) is 11.6 Å². The zero-order chi connectivity index (χ0) is 15.2. The second kappa shape index (κ2) is 7.01. The maximum atomic E-state index is 12.3. The minimum absolute atomic E-state index is 0.00847. The van der Waals surface area contributed by atoms with E-state index in [2.05, 4.69) is 15.0 Å². The number of sulfonamides is 1. The molecule has 0 aliphatic carbocycles. The highest BCUT2D eigenvalue weighted by Gasteiger charge is 2.25. The van der Waals surface area contributed by atoms with Crippen LogP contribution in [0.2, 0.25) is 0 Å². The molecule has 6 nitrogen and oxygen atoms in total. The lowest BCUT2D eigenvalue weighted by atomic mass is 10.1. The molecule has 1 heterocycles. The second-order valence-corrected chi connectivity index (χ2v) is 6.59. The molecule has 20 heavy (non-hydrogen) atoms. The molecule has 1 aromatic heterocycles. The van der Waals surface area contributed by atoms with Crippen LogP contribution in [-0.4, -0.2) is 38.7 Å². The minimum atomic E-state index is -3.67. The molecule has 0 aliphatic heterocycles. The molecule has 7 heteroatoms. The van der Waals surface area contributed by atoms with Crippen LogP contribution in [0.3, 0.4) is 0 Å². The van der Waals surface area contributed by atoms with Gasteiger partial charge in [0, 0.05) is 25.9 Å². The third-order valence-electron chi connectivity index (χ3n) is 2.62. The number of pyridine rings is 1. The van der Waals surface area contributed by atoms with E-state index in [4.69, 9.17) is 4.74 Å². The van der Waals surface area contributed by atoms with E-state index in [9.17, 15) is 8.42 Å². The summed E-state index contributed by atoms with van der Waals surface area (Å²) in [5.41, 5.74) is -0.0636. The maximum absolute atomic E-state index is 12.3. The largest absolute Gasteiger partial charge is 0.383 e. The molecule has 0 spiro atoms. The van der Waals surface area contributed by atoms with Gasteiger partial charge in [0.25, 0.3) is 10.0 Å². The third-order valence-corrected chi connectivity index (χ3v) is 3.97. The molecular weight excluding hydrogens is 278 g/mol. The number of anilines is 1. The average molecular weight is 301 g/mol. The molecule has 0 atom stereocenters. The van der Waals surface area contributed by atoms with Gasteiger partial charge < -0.3 is 10.1 Å². The Labute approximate surface area is 121 Å². The van der Waals surface area contributed by atoms with Gasteiger partial charge in [-0.05, 0) is 39.8 Å². The molecule has 0 radical (unpaired) electrons. The lowest BCUT2D eigenvalue weighted by Gasteiger charge is -2.24. The van der Waals surface area contributed by atoms with Crippen molar-refractivity contribution in [3.63, 3.8) is 0 Å². The SMILES string of the molecule is CCNc1cccnc1S(=O)(=O)NCC(C)(C)OCC. The van der Waals surface area contributed by atoms with E-state index in [1.54, 1.807) is 12.1 Å². The van der Waals surface area contributed by atoms with E-state index in [0.717, 1.165) is 0 Å². The van der Waals surface area contributed by atoms with Crippen molar-refractivity contribution in [3.05, 3.63) is 18.3 Å². The predicted molar refractivity (Wildman–Crippen MR) is 79.3 cm³/mol. The summed E-state index contributed by atoms with van der Waals surface area (Å²) >= 11 is 0. The van der Waals surface area contributed by atoms with Gasteiger partial charge in [-0.25, -0.2) is 18.1 Å². The molecule has 0 unspecified atom stereocenters. The second-order valence-electron chi connectivity index (χ2n) is 4.90. The van der Waals surface area contributed by atoms with Gasteiger partial charge in [-0.1, -0.05) is 0 Å². The van der Waals surface area contributed by atoms with Crippen molar-refractivity contribution in [2.24, 2.45) is 0 Å². The summed E-state index contributed by atoms with van der Waals surface area (Å²) in [6.07, 6.45) is 1.46. The van der Waals surface area contributed by atoms with Crippen LogP contribution in [-0.2, 0) is 14.8 Å². The lowest BCUT2D eigenvalue weighted by Crippen LogP contribution is -2.40. The smallest absolute Gasteiger partial charge is 0.260 e. The van der Waals surface area contributed by atoms with Gasteiger partial charge in [0.15, 0.2) is 5.03 Å². The molecule has 1 rings (SSSR count). The highest BCUT2D eigenvalue weighted by molar-refractivity contribution is 7.89. The van der Waals surface area contributed by atoms with Crippen LogP contribution < -0.4 is 10.0 Å². The average Bonchev–Trinajstić information content (AvgIpc) is 2.38. The zero-order valence-corrected chi connectivity index (χ0v) is 13.3. The topological polar surface area (TPSA) is 80.3 Å². The monoisotopic (exact) mass is 301 g/mol. The first kappa shape index (κ1) is 16.9. The van der Waals surface area contributed by atoms with E-state index in [1.165, 1.54) is 6.20 Å². The van der Waals surface area contributed by atoms with Gasteiger partial charge in [0.2, 0.25) is 0 Å². The van der Waals surface area contributed by atoms with E-state index in [1.807, 2.05) is 27.7 Å². The van der Waals surface area contributed by atoms with Gasteiger partial charge >= 0.3 is 0 Å². The van der Waals surface area contributed by atoms with Crippen molar-refractivity contribution in [2.45, 2.75) is 38.3 Å². The summed E-state index contributed by atoms with van der Waals surface area (Å²) in [7, 11) is -3.67. The summed E-state index contributed by atoms with van der Waals surface area (Å²) in [6.45, 7) is 8.78. The number of aromatic nitrogens is 1. The Kier molecular flexibility index (Phi) is 5.91. The highest BCUT2D eigenvalue weighted by Crippen LogP contribution is 2.18. The lowest BCUT2D eigenvalue weighted by molar-refractivity contribution is -0.00515. The van der Waals surface area contributed by atoms with E-state index >= 15 is 0 Å². The molecular formula is C13H23N3O3S. The Bertz CT molecular complexity index is 529. The molecule has 0 amide bonds. The fourth-order valence-electron chi connectivity index (χ4n) is 1.71. The van der Waals surface area contributed by atoms with Crippen LogP contribution >= 0.6 is 0 Å². The molecule has 114 valence electrons. The maximum Gasteiger partial charge on any atom is 0.260 e. The Morgan fingerprint density at radius 3 is 2.65 bits per heavy atom. The standard InChI is InChI=1S/C13H23N3O3S/c1-5-14-11-8-7-9-15-12(11)20(17,18)16-10-13(3,4)19-6-2/h7-9,14,16H,5-6,10H2,1-4H3. The molecule has 0 bridgehead atoms. The number of rotatable bonds is 8. The quantitative estimate of drug-likeness (QED) is 0.762. The van der Waals surface area contributed by atoms with Crippen LogP contribution in [0.15, 0.2) is 23.4 Å². The molecule has 0 saturated heterocycles. The van der Waals surface area contributed by atoms with Crippen molar-refractivity contribution >= 4 is 15.7 Å². The molecule has 0 fully saturated rings. The Hall–Kier alpha value is -1.18. The summed E-state index contributed by atoms with van der Waals surface area (Å²) in [5, 5.41) is 3.00. The fourth-order valence-corrected chi connectivity index (χ4v) is 3.01. The Morgan fingerprint density at radius 2 is 2.05 bits per heavy atom. The van der Waals surface area contributed by atoms with Gasteiger partial charge in [0.1, 0.15) is 0 Å². The highest BCUT2D eigenvalue weighted by atomic mass is 32.2. The van der Waals surface area contributed by atoms with Crippen LogP contribution in [0.25, 0.3) is 0 Å². The van der Waals surface area contributed by atoms with Gasteiger partial charge in [-0.2, -0.15) is 0 Å². The Morgan fingerprint density at radius 1 is 1.35 bits per heavy atom. The van der Waals surface area contributed by atoms with Crippen molar-refractivity contribution in [3.8, 4) is 0 Å². The zero-order valence-electron chi connectivity index (χ0n) is 12.4. The number of nitrogens with zero attached hydrogens (tertiary/aromatic N) is 1. The third kappa shape index (κ3) is 4.73. The van der Waals surface area contributed by atoms with Crippen molar-refractivity contribution in [1.29, 1.82) is 0 Å². The van der Waals surface area contributed by atoms with Crippen molar-refractivity contribution in [1.82, 2.24) is 9.71 Å². The van der Waals surface area contributed by atoms with Gasteiger partial charge in [-0.3, -0.25) is 0 Å². The van der Waals surface area contributed by atoms with E-state index in [0.29, 0.717) is 18.8 Å². The molecule has 1 aromatic rings. The summed E-state index contributed by atoms with van der Waals surface area (Å²) in [4.78, 5) is 3.96. The molecule has 2 N–H and O–H groups in total. The van der Waals surface area contributed by atoms with Crippen LogP contribution in [0.4, 0.5) is 5.69 Å². The first-order valence-electron chi connectivity index (χ1n) is 6.65. The number of nitrogens with one attached hydrogen (secondary N) is 2. The molecule has 0 aliphatic rings. The van der Waals surface area contributed by atoms with Crippen LogP contribution in [0.5, 0.6) is 0 Å². The van der Waals surface area contributed by atoms with Crippen LogP contribution in [0.1, 0.15) is 27.7 Å². The number of hydrogen-bond acceptors (Lipinski definition) is 5. The number of hydrogen-bond donors (Lipinski definition) is 2. The van der Waals surface area contributed by atoms with Gasteiger partial charge in [0.05, 0.1) is 11.3 Å². The first-order chi connectivity index (χ1) is 9.32.